The Labute approximate surface area is 91.2 Å². The van der Waals surface area contributed by atoms with Crippen LogP contribution in [0.4, 0.5) is 4.79 Å². The first kappa shape index (κ1) is 10.7. The summed E-state index contributed by atoms with van der Waals surface area (Å²) >= 11 is 0. The van der Waals surface area contributed by atoms with Gasteiger partial charge in [-0.1, -0.05) is 13.3 Å². The molecule has 2 saturated heterocycles. The smallest absolute Gasteiger partial charge is 0.317 e. The quantitative estimate of drug-likeness (QED) is 0.686. The molecule has 86 valence electrons. The number of carbonyl (C=O) groups is 1. The molecule has 3 N–H and O–H groups in total. The van der Waals surface area contributed by atoms with E-state index in [1.807, 2.05) is 4.90 Å². The van der Waals surface area contributed by atoms with Crippen LogP contribution in [0.1, 0.15) is 39.0 Å². The summed E-state index contributed by atoms with van der Waals surface area (Å²) in [4.78, 5) is 13.9. The molecule has 2 rings (SSSR count). The summed E-state index contributed by atoms with van der Waals surface area (Å²) in [5.41, 5.74) is 5.98. The van der Waals surface area contributed by atoms with Gasteiger partial charge in [-0.05, 0) is 25.7 Å². The van der Waals surface area contributed by atoms with Gasteiger partial charge >= 0.3 is 6.03 Å². The molecular formula is C11H21N3O. The molecule has 2 bridgehead atoms. The minimum Gasteiger partial charge on any atom is -0.338 e. The van der Waals surface area contributed by atoms with Gasteiger partial charge in [-0.2, -0.15) is 0 Å². The van der Waals surface area contributed by atoms with Gasteiger partial charge in [0.2, 0.25) is 0 Å². The van der Waals surface area contributed by atoms with Crippen LogP contribution in [0.2, 0.25) is 0 Å². The normalized spacial score (nSPS) is 33.5. The lowest BCUT2D eigenvalue weighted by Crippen LogP contribution is -2.45. The SMILES string of the molecule is CCCCNC(=O)N1C2CCC1C(N)C2. The van der Waals surface area contributed by atoms with Crippen molar-refractivity contribution in [2.24, 2.45) is 5.73 Å². The zero-order valence-corrected chi connectivity index (χ0v) is 9.41. The maximum atomic E-state index is 11.9. The van der Waals surface area contributed by atoms with Crippen molar-refractivity contribution in [1.82, 2.24) is 10.2 Å². The van der Waals surface area contributed by atoms with Crippen LogP contribution in [0.3, 0.4) is 0 Å². The van der Waals surface area contributed by atoms with Gasteiger partial charge in [0.05, 0.1) is 0 Å². The molecule has 0 saturated carbocycles. The van der Waals surface area contributed by atoms with E-state index < -0.39 is 0 Å². The second kappa shape index (κ2) is 4.39. The average molecular weight is 211 g/mol. The number of nitrogens with zero attached hydrogens (tertiary/aromatic N) is 1. The van der Waals surface area contributed by atoms with Crippen molar-refractivity contribution in [2.45, 2.75) is 57.2 Å². The number of nitrogens with two attached hydrogens (primary N) is 1. The van der Waals surface area contributed by atoms with Crippen LogP contribution in [-0.4, -0.2) is 35.6 Å². The molecule has 2 aliphatic heterocycles. The van der Waals surface area contributed by atoms with Crippen LogP contribution in [-0.2, 0) is 0 Å². The number of hydrogen-bond acceptors (Lipinski definition) is 2. The fraction of sp³-hybridized carbons (Fsp3) is 0.909. The Bertz CT molecular complexity index is 244. The van der Waals surface area contributed by atoms with E-state index in [-0.39, 0.29) is 12.1 Å². The highest BCUT2D eigenvalue weighted by Crippen LogP contribution is 2.36. The van der Waals surface area contributed by atoms with Crippen molar-refractivity contribution < 1.29 is 4.79 Å². The molecule has 15 heavy (non-hydrogen) atoms. The first-order valence-corrected chi connectivity index (χ1v) is 6.05. The van der Waals surface area contributed by atoms with Crippen molar-refractivity contribution in [1.29, 1.82) is 0 Å². The first-order chi connectivity index (χ1) is 7.24. The molecule has 4 heteroatoms. The van der Waals surface area contributed by atoms with Gasteiger partial charge in [-0.15, -0.1) is 0 Å². The molecule has 3 unspecified atom stereocenters. The lowest BCUT2D eigenvalue weighted by molar-refractivity contribution is 0.190. The number of urea groups is 1. The summed E-state index contributed by atoms with van der Waals surface area (Å²) in [6, 6.07) is 1.02. The van der Waals surface area contributed by atoms with Crippen LogP contribution in [0.15, 0.2) is 0 Å². The Hall–Kier alpha value is -0.770. The minimum absolute atomic E-state index is 0.101. The Morgan fingerprint density at radius 2 is 2.33 bits per heavy atom. The molecule has 0 radical (unpaired) electrons. The maximum Gasteiger partial charge on any atom is 0.317 e. The summed E-state index contributed by atoms with van der Waals surface area (Å²) in [7, 11) is 0. The molecule has 0 aliphatic carbocycles. The monoisotopic (exact) mass is 211 g/mol. The number of carbonyl (C=O) groups excluding carboxylic acids is 1. The second-order valence-corrected chi connectivity index (χ2v) is 4.69. The van der Waals surface area contributed by atoms with E-state index in [0.717, 1.165) is 38.6 Å². The number of fused-ring (bicyclic) bond motifs is 2. The highest BCUT2D eigenvalue weighted by atomic mass is 16.2. The van der Waals surface area contributed by atoms with Gasteiger partial charge in [0.15, 0.2) is 0 Å². The molecular weight excluding hydrogens is 190 g/mol. The highest BCUT2D eigenvalue weighted by molar-refractivity contribution is 5.75. The summed E-state index contributed by atoms with van der Waals surface area (Å²) in [6.07, 6.45) is 5.39. The zero-order valence-electron chi connectivity index (χ0n) is 9.41. The molecule has 2 fully saturated rings. The minimum atomic E-state index is 0.101. The molecule has 4 nitrogen and oxygen atoms in total. The van der Waals surface area contributed by atoms with Gasteiger partial charge in [-0.25, -0.2) is 4.79 Å². The van der Waals surface area contributed by atoms with E-state index in [9.17, 15) is 4.79 Å². The third-order valence-corrected chi connectivity index (χ3v) is 3.63. The van der Waals surface area contributed by atoms with E-state index in [2.05, 4.69) is 12.2 Å². The van der Waals surface area contributed by atoms with Crippen LogP contribution >= 0.6 is 0 Å². The number of hydrogen-bond donors (Lipinski definition) is 2. The third kappa shape index (κ3) is 1.95. The van der Waals surface area contributed by atoms with Crippen molar-refractivity contribution >= 4 is 6.03 Å². The number of rotatable bonds is 3. The summed E-state index contributed by atoms with van der Waals surface area (Å²) < 4.78 is 0. The van der Waals surface area contributed by atoms with E-state index in [1.165, 1.54) is 0 Å². The van der Waals surface area contributed by atoms with Gasteiger partial charge in [0.25, 0.3) is 0 Å². The molecule has 2 aliphatic rings. The van der Waals surface area contributed by atoms with Crippen LogP contribution in [0, 0.1) is 0 Å². The third-order valence-electron chi connectivity index (χ3n) is 3.63. The Morgan fingerprint density at radius 1 is 1.53 bits per heavy atom. The summed E-state index contributed by atoms with van der Waals surface area (Å²) in [6.45, 7) is 2.92. The van der Waals surface area contributed by atoms with Gasteiger partial charge in [0.1, 0.15) is 0 Å². The van der Waals surface area contributed by atoms with E-state index >= 15 is 0 Å². The lowest BCUT2D eigenvalue weighted by atomic mass is 9.97. The largest absolute Gasteiger partial charge is 0.338 e. The van der Waals surface area contributed by atoms with E-state index in [1.54, 1.807) is 0 Å². The first-order valence-electron chi connectivity index (χ1n) is 6.05. The molecule has 0 aromatic carbocycles. The van der Waals surface area contributed by atoms with Gasteiger partial charge in [0, 0.05) is 24.7 Å². The maximum absolute atomic E-state index is 11.9. The zero-order chi connectivity index (χ0) is 10.8. The highest BCUT2D eigenvalue weighted by Gasteiger charge is 2.46. The van der Waals surface area contributed by atoms with Crippen molar-refractivity contribution in [3.05, 3.63) is 0 Å². The number of nitrogens with one attached hydrogen (secondary N) is 1. The molecule has 2 amide bonds. The fourth-order valence-corrected chi connectivity index (χ4v) is 2.81. The average Bonchev–Trinajstić information content (AvgIpc) is 2.74. The van der Waals surface area contributed by atoms with Crippen molar-refractivity contribution in [2.75, 3.05) is 6.54 Å². The number of amides is 2. The second-order valence-electron chi connectivity index (χ2n) is 4.69. The predicted octanol–water partition coefficient (Wildman–Crippen LogP) is 1.06. The Kier molecular flexibility index (Phi) is 3.14. The van der Waals surface area contributed by atoms with Gasteiger partial charge in [-0.3, -0.25) is 0 Å². The van der Waals surface area contributed by atoms with Crippen LogP contribution in [0.25, 0.3) is 0 Å². The molecule has 0 aromatic heterocycles. The predicted molar refractivity (Wildman–Crippen MR) is 59.5 cm³/mol. The van der Waals surface area contributed by atoms with Crippen molar-refractivity contribution in [3.63, 3.8) is 0 Å². The van der Waals surface area contributed by atoms with Gasteiger partial charge < -0.3 is 16.0 Å². The Balaban J connectivity index is 1.86. The summed E-state index contributed by atoms with van der Waals surface area (Å²) in [5.74, 6) is 0. The van der Waals surface area contributed by atoms with Crippen LogP contribution < -0.4 is 11.1 Å². The number of unbranched alkanes of at least 4 members (excludes halogenated alkanes) is 1. The molecule has 2 heterocycles. The summed E-state index contributed by atoms with van der Waals surface area (Å²) in [5, 5.41) is 2.98. The lowest BCUT2D eigenvalue weighted by Gasteiger charge is -2.23. The van der Waals surface area contributed by atoms with Crippen LogP contribution in [0.5, 0.6) is 0 Å². The fourth-order valence-electron chi connectivity index (χ4n) is 2.81. The Morgan fingerprint density at radius 3 is 2.87 bits per heavy atom. The topological polar surface area (TPSA) is 58.4 Å². The molecule has 3 atom stereocenters. The van der Waals surface area contributed by atoms with Crippen molar-refractivity contribution in [3.8, 4) is 0 Å². The molecule has 0 aromatic rings. The van der Waals surface area contributed by atoms with E-state index in [4.69, 9.17) is 5.73 Å². The van der Waals surface area contributed by atoms with E-state index in [0.29, 0.717) is 12.1 Å². The standard InChI is InChI=1S/C11H21N3O/c1-2-3-6-13-11(15)14-8-4-5-10(14)9(12)7-8/h8-10H,2-7,12H2,1H3,(H,13,15). The molecule has 0 spiro atoms.